The van der Waals surface area contributed by atoms with Gasteiger partial charge < -0.3 is 14.6 Å². The average Bonchev–Trinajstić information content (AvgIpc) is 2.83. The van der Waals surface area contributed by atoms with E-state index in [-0.39, 0.29) is 0 Å². The highest BCUT2D eigenvalue weighted by molar-refractivity contribution is 5.35. The number of hydrogen-bond acceptors (Lipinski definition) is 4. The van der Waals surface area contributed by atoms with Crippen molar-refractivity contribution in [1.29, 1.82) is 0 Å². The molecule has 0 atom stereocenters. The quantitative estimate of drug-likeness (QED) is 0.874. The lowest BCUT2D eigenvalue weighted by molar-refractivity contribution is 0.409. The van der Waals surface area contributed by atoms with Gasteiger partial charge in [-0.15, -0.1) is 10.2 Å². The van der Waals surface area contributed by atoms with E-state index in [1.54, 1.807) is 7.11 Å². The third-order valence-corrected chi connectivity index (χ3v) is 3.24. The number of aromatic nitrogens is 3. The van der Waals surface area contributed by atoms with Crippen LogP contribution >= 0.6 is 0 Å². The Kier molecular flexibility index (Phi) is 2.98. The Balaban J connectivity index is 1.90. The average molecular weight is 244 g/mol. The molecule has 0 fully saturated rings. The summed E-state index contributed by atoms with van der Waals surface area (Å²) < 4.78 is 7.57. The molecule has 5 heteroatoms. The number of nitrogens with zero attached hydrogens (tertiary/aromatic N) is 3. The normalized spacial score (nSPS) is 14.3. The zero-order valence-electron chi connectivity index (χ0n) is 10.4. The standard InChI is InChI=1S/C13H16N4O/c1-18-11-5-3-2-4-10(11)8-12-15-16-13-9-14-6-7-17(12)13/h2-5,14H,6-9H2,1H3. The van der Waals surface area contributed by atoms with Crippen molar-refractivity contribution in [3.63, 3.8) is 0 Å². The van der Waals surface area contributed by atoms with E-state index in [0.29, 0.717) is 0 Å². The molecule has 3 rings (SSSR count). The van der Waals surface area contributed by atoms with Gasteiger partial charge in [-0.25, -0.2) is 0 Å². The summed E-state index contributed by atoms with van der Waals surface area (Å²) in [6.45, 7) is 2.72. The van der Waals surface area contributed by atoms with Crippen molar-refractivity contribution < 1.29 is 4.74 Å². The molecule has 0 saturated carbocycles. The number of rotatable bonds is 3. The zero-order valence-corrected chi connectivity index (χ0v) is 10.4. The summed E-state index contributed by atoms with van der Waals surface area (Å²) in [6, 6.07) is 8.05. The fraction of sp³-hybridized carbons (Fsp3) is 0.385. The van der Waals surface area contributed by atoms with Crippen LogP contribution in [0, 0.1) is 0 Å². The third-order valence-electron chi connectivity index (χ3n) is 3.24. The Morgan fingerprint density at radius 1 is 1.33 bits per heavy atom. The lowest BCUT2D eigenvalue weighted by Crippen LogP contribution is -2.29. The van der Waals surface area contributed by atoms with Crippen molar-refractivity contribution in [3.8, 4) is 5.75 Å². The van der Waals surface area contributed by atoms with Crippen LogP contribution in [0.1, 0.15) is 17.2 Å². The number of methoxy groups -OCH3 is 1. The van der Waals surface area contributed by atoms with Gasteiger partial charge in [-0.05, 0) is 6.07 Å². The summed E-state index contributed by atoms with van der Waals surface area (Å²) in [5, 5.41) is 11.8. The summed E-state index contributed by atoms with van der Waals surface area (Å²) in [6.07, 6.45) is 0.761. The van der Waals surface area contributed by atoms with Gasteiger partial charge in [-0.2, -0.15) is 0 Å². The SMILES string of the molecule is COc1ccccc1Cc1nnc2n1CCNC2. The summed E-state index contributed by atoms with van der Waals surface area (Å²) in [4.78, 5) is 0. The van der Waals surface area contributed by atoms with E-state index in [4.69, 9.17) is 4.74 Å². The van der Waals surface area contributed by atoms with Gasteiger partial charge in [0.2, 0.25) is 0 Å². The van der Waals surface area contributed by atoms with Crippen LogP contribution in [-0.4, -0.2) is 28.4 Å². The van der Waals surface area contributed by atoms with E-state index in [1.165, 1.54) is 0 Å². The minimum Gasteiger partial charge on any atom is -0.496 e. The molecule has 1 aliphatic rings. The van der Waals surface area contributed by atoms with E-state index >= 15 is 0 Å². The molecule has 0 radical (unpaired) electrons. The van der Waals surface area contributed by atoms with E-state index in [9.17, 15) is 0 Å². The molecule has 1 N–H and O–H groups in total. The summed E-state index contributed by atoms with van der Waals surface area (Å²) in [7, 11) is 1.70. The van der Waals surface area contributed by atoms with Gasteiger partial charge in [-0.3, -0.25) is 0 Å². The second kappa shape index (κ2) is 4.78. The minimum absolute atomic E-state index is 0.761. The minimum atomic E-state index is 0.761. The highest BCUT2D eigenvalue weighted by atomic mass is 16.5. The molecule has 0 amide bonds. The molecule has 0 bridgehead atoms. The summed E-state index contributed by atoms with van der Waals surface area (Å²) in [5.74, 6) is 2.94. The van der Waals surface area contributed by atoms with Crippen molar-refractivity contribution in [1.82, 2.24) is 20.1 Å². The fourth-order valence-electron chi connectivity index (χ4n) is 2.30. The van der Waals surface area contributed by atoms with Crippen LogP contribution in [0.3, 0.4) is 0 Å². The molecule has 0 saturated heterocycles. The molecular weight excluding hydrogens is 228 g/mol. The van der Waals surface area contributed by atoms with Crippen LogP contribution in [0.2, 0.25) is 0 Å². The Labute approximate surface area is 106 Å². The fourth-order valence-corrected chi connectivity index (χ4v) is 2.30. The monoisotopic (exact) mass is 244 g/mol. The van der Waals surface area contributed by atoms with E-state index in [0.717, 1.165) is 49.0 Å². The molecule has 1 aromatic heterocycles. The van der Waals surface area contributed by atoms with Gasteiger partial charge in [0.15, 0.2) is 0 Å². The van der Waals surface area contributed by atoms with Crippen molar-refractivity contribution >= 4 is 0 Å². The molecule has 18 heavy (non-hydrogen) atoms. The Morgan fingerprint density at radius 2 is 2.22 bits per heavy atom. The third kappa shape index (κ3) is 1.97. The number of fused-ring (bicyclic) bond motifs is 1. The lowest BCUT2D eigenvalue weighted by atomic mass is 10.1. The number of benzene rings is 1. The number of para-hydroxylation sites is 1. The molecule has 2 heterocycles. The Hall–Kier alpha value is -1.88. The van der Waals surface area contributed by atoms with E-state index < -0.39 is 0 Å². The second-order valence-corrected chi connectivity index (χ2v) is 4.35. The molecule has 1 aromatic carbocycles. The molecule has 0 spiro atoms. The maximum absolute atomic E-state index is 5.37. The molecule has 5 nitrogen and oxygen atoms in total. The predicted octanol–water partition coefficient (Wildman–Crippen LogP) is 0.981. The van der Waals surface area contributed by atoms with Gasteiger partial charge in [0, 0.05) is 25.1 Å². The topological polar surface area (TPSA) is 52.0 Å². The van der Waals surface area contributed by atoms with Crippen molar-refractivity contribution in [3.05, 3.63) is 41.5 Å². The maximum atomic E-state index is 5.37. The largest absolute Gasteiger partial charge is 0.496 e. The molecule has 1 aliphatic heterocycles. The first-order valence-corrected chi connectivity index (χ1v) is 6.12. The summed E-state index contributed by atoms with van der Waals surface area (Å²) in [5.41, 5.74) is 1.15. The molecule has 0 unspecified atom stereocenters. The van der Waals surface area contributed by atoms with Gasteiger partial charge >= 0.3 is 0 Å². The Morgan fingerprint density at radius 3 is 3.11 bits per heavy atom. The van der Waals surface area contributed by atoms with Crippen LogP contribution in [0.5, 0.6) is 5.75 Å². The highest BCUT2D eigenvalue weighted by Gasteiger charge is 2.16. The first-order valence-electron chi connectivity index (χ1n) is 6.12. The number of ether oxygens (including phenoxy) is 1. The van der Waals surface area contributed by atoms with Gasteiger partial charge in [0.1, 0.15) is 17.4 Å². The first-order chi connectivity index (χ1) is 8.88. The molecule has 94 valence electrons. The van der Waals surface area contributed by atoms with Crippen molar-refractivity contribution in [2.75, 3.05) is 13.7 Å². The zero-order chi connectivity index (χ0) is 12.4. The van der Waals surface area contributed by atoms with Crippen LogP contribution in [-0.2, 0) is 19.5 Å². The second-order valence-electron chi connectivity index (χ2n) is 4.35. The van der Waals surface area contributed by atoms with Gasteiger partial charge in [-0.1, -0.05) is 18.2 Å². The first kappa shape index (κ1) is 11.2. The maximum Gasteiger partial charge on any atom is 0.147 e. The molecule has 2 aromatic rings. The van der Waals surface area contributed by atoms with Gasteiger partial charge in [0.25, 0.3) is 0 Å². The van der Waals surface area contributed by atoms with Crippen LogP contribution in [0.25, 0.3) is 0 Å². The van der Waals surface area contributed by atoms with Crippen molar-refractivity contribution in [2.24, 2.45) is 0 Å². The van der Waals surface area contributed by atoms with Crippen LogP contribution < -0.4 is 10.1 Å². The van der Waals surface area contributed by atoms with Crippen LogP contribution in [0.15, 0.2) is 24.3 Å². The predicted molar refractivity (Wildman–Crippen MR) is 67.5 cm³/mol. The van der Waals surface area contributed by atoms with Crippen LogP contribution in [0.4, 0.5) is 0 Å². The van der Waals surface area contributed by atoms with Gasteiger partial charge in [0.05, 0.1) is 13.7 Å². The summed E-state index contributed by atoms with van der Waals surface area (Å²) >= 11 is 0. The van der Waals surface area contributed by atoms with E-state index in [1.807, 2.05) is 18.2 Å². The van der Waals surface area contributed by atoms with E-state index in [2.05, 4.69) is 26.1 Å². The number of nitrogens with one attached hydrogen (secondary N) is 1. The molecule has 0 aliphatic carbocycles. The number of hydrogen-bond donors (Lipinski definition) is 1. The molecular formula is C13H16N4O. The Bertz CT molecular complexity index is 550. The smallest absolute Gasteiger partial charge is 0.147 e. The van der Waals surface area contributed by atoms with Crippen molar-refractivity contribution in [2.45, 2.75) is 19.5 Å². The lowest BCUT2D eigenvalue weighted by Gasteiger charge is -2.16. The highest BCUT2D eigenvalue weighted by Crippen LogP contribution is 2.20.